The average molecular weight is 454 g/mol. The Bertz CT molecular complexity index is 1200. The van der Waals surface area contributed by atoms with Crippen LogP contribution in [0.15, 0.2) is 42.5 Å². The quantitative estimate of drug-likeness (QED) is 0.586. The number of pyridine rings is 1. The van der Waals surface area contributed by atoms with Crippen molar-refractivity contribution in [3.8, 4) is 5.75 Å². The molecular formula is C24H24ClN3O4. The topological polar surface area (TPSA) is 80.8 Å². The first kappa shape index (κ1) is 22.0. The number of anilines is 1. The minimum absolute atomic E-state index is 0.369. The zero-order chi connectivity index (χ0) is 22.8. The minimum Gasteiger partial charge on any atom is -0.495 e. The molecule has 0 aliphatic carbocycles. The van der Waals surface area contributed by atoms with Crippen molar-refractivity contribution in [3.63, 3.8) is 0 Å². The van der Waals surface area contributed by atoms with Crippen LogP contribution in [0.4, 0.5) is 5.69 Å². The van der Waals surface area contributed by atoms with Gasteiger partial charge in [-0.3, -0.25) is 9.78 Å². The zero-order valence-electron chi connectivity index (χ0n) is 18.1. The monoisotopic (exact) mass is 453 g/mol. The van der Waals surface area contributed by atoms with Crippen LogP contribution >= 0.6 is 11.6 Å². The van der Waals surface area contributed by atoms with Crippen LogP contribution in [-0.2, 0) is 22.5 Å². The van der Waals surface area contributed by atoms with Crippen molar-refractivity contribution in [1.29, 1.82) is 0 Å². The smallest absolute Gasteiger partial charge is 0.339 e. The van der Waals surface area contributed by atoms with Gasteiger partial charge >= 0.3 is 5.97 Å². The van der Waals surface area contributed by atoms with Gasteiger partial charge in [0.2, 0.25) is 0 Å². The van der Waals surface area contributed by atoms with E-state index in [1.54, 1.807) is 25.1 Å². The van der Waals surface area contributed by atoms with Crippen molar-refractivity contribution < 1.29 is 19.1 Å². The zero-order valence-corrected chi connectivity index (χ0v) is 18.9. The number of aromatic nitrogens is 1. The van der Waals surface area contributed by atoms with Gasteiger partial charge in [0.25, 0.3) is 5.91 Å². The number of para-hydroxylation sites is 1. The van der Waals surface area contributed by atoms with E-state index in [1.165, 1.54) is 7.11 Å². The van der Waals surface area contributed by atoms with Crippen LogP contribution in [0.25, 0.3) is 10.9 Å². The van der Waals surface area contributed by atoms with Crippen molar-refractivity contribution in [2.45, 2.75) is 26.0 Å². The molecule has 1 aliphatic heterocycles. The molecule has 1 atom stereocenters. The molecule has 2 heterocycles. The highest BCUT2D eigenvalue weighted by atomic mass is 35.5. The summed E-state index contributed by atoms with van der Waals surface area (Å²) in [6.45, 7) is 3.01. The first-order valence-electron chi connectivity index (χ1n) is 10.3. The predicted molar refractivity (Wildman–Crippen MR) is 123 cm³/mol. The number of esters is 1. The number of ether oxygens (including phenoxy) is 2. The lowest BCUT2D eigenvalue weighted by atomic mass is 9.96. The molecule has 0 saturated carbocycles. The Hall–Kier alpha value is -3.16. The molecule has 0 bridgehead atoms. The van der Waals surface area contributed by atoms with Gasteiger partial charge in [-0.25, -0.2) is 4.79 Å². The summed E-state index contributed by atoms with van der Waals surface area (Å²) < 4.78 is 10.7. The van der Waals surface area contributed by atoms with Gasteiger partial charge in [-0.1, -0.05) is 29.8 Å². The number of halogens is 1. The molecule has 166 valence electrons. The SMILES string of the molecule is COc1ccc(NC(=O)C(C)OC(=O)c2c3c(nc4ccccc24)CCN(C)C3)cc1Cl. The number of carbonyl (C=O) groups excluding carboxylic acids is 2. The van der Waals surface area contributed by atoms with E-state index < -0.39 is 18.0 Å². The normalized spacial score (nSPS) is 14.5. The maximum Gasteiger partial charge on any atom is 0.339 e. The molecule has 1 unspecified atom stereocenters. The fraction of sp³-hybridized carbons (Fsp3) is 0.292. The van der Waals surface area contributed by atoms with Crippen LogP contribution in [0.3, 0.4) is 0 Å². The van der Waals surface area contributed by atoms with Crippen molar-refractivity contribution >= 4 is 40.1 Å². The Labute approximate surface area is 191 Å². The summed E-state index contributed by atoms with van der Waals surface area (Å²) in [5.74, 6) is -0.488. The summed E-state index contributed by atoms with van der Waals surface area (Å²) in [7, 11) is 3.52. The molecule has 1 aromatic heterocycles. The molecule has 1 aliphatic rings. The van der Waals surface area contributed by atoms with Crippen LogP contribution in [-0.4, -0.2) is 48.6 Å². The predicted octanol–water partition coefficient (Wildman–Crippen LogP) is 4.07. The standard InChI is InChI=1S/C24H24ClN3O4/c1-14(23(29)26-15-8-9-21(31-3)18(25)12-15)32-24(30)22-16-6-4-5-7-19(16)27-20-10-11-28(2)13-17(20)22/h4-9,12,14H,10-11,13H2,1-3H3,(H,26,29). The van der Waals surface area contributed by atoms with Gasteiger partial charge in [-0.05, 0) is 38.2 Å². The molecule has 3 aromatic rings. The number of amides is 1. The van der Waals surface area contributed by atoms with Gasteiger partial charge in [0, 0.05) is 41.8 Å². The first-order chi connectivity index (χ1) is 15.4. The number of likely N-dealkylation sites (N-methyl/N-ethyl adjacent to an activating group) is 1. The maximum absolute atomic E-state index is 13.3. The summed E-state index contributed by atoms with van der Waals surface area (Å²) in [5.41, 5.74) is 3.46. The highest BCUT2D eigenvalue weighted by molar-refractivity contribution is 6.32. The highest BCUT2D eigenvalue weighted by Gasteiger charge is 2.27. The second-order valence-electron chi connectivity index (χ2n) is 7.80. The van der Waals surface area contributed by atoms with Crippen molar-refractivity contribution in [1.82, 2.24) is 9.88 Å². The highest BCUT2D eigenvalue weighted by Crippen LogP contribution is 2.29. The van der Waals surface area contributed by atoms with E-state index in [4.69, 9.17) is 26.1 Å². The lowest BCUT2D eigenvalue weighted by molar-refractivity contribution is -0.123. The van der Waals surface area contributed by atoms with Crippen LogP contribution in [0, 0.1) is 0 Å². The van der Waals surface area contributed by atoms with E-state index >= 15 is 0 Å². The summed E-state index contributed by atoms with van der Waals surface area (Å²) in [6, 6.07) is 12.4. The number of hydrogen-bond acceptors (Lipinski definition) is 6. The summed E-state index contributed by atoms with van der Waals surface area (Å²) in [5, 5.41) is 3.81. The van der Waals surface area contributed by atoms with E-state index in [9.17, 15) is 9.59 Å². The summed E-state index contributed by atoms with van der Waals surface area (Å²) >= 11 is 6.12. The number of rotatable bonds is 5. The van der Waals surface area contributed by atoms with Gasteiger partial charge < -0.3 is 19.7 Å². The van der Waals surface area contributed by atoms with Gasteiger partial charge in [-0.15, -0.1) is 0 Å². The van der Waals surface area contributed by atoms with Gasteiger partial charge in [-0.2, -0.15) is 0 Å². The van der Waals surface area contributed by atoms with Gasteiger partial charge in [0.05, 0.1) is 23.2 Å². The molecular weight excluding hydrogens is 430 g/mol. The Balaban J connectivity index is 1.57. The lowest BCUT2D eigenvalue weighted by Gasteiger charge is -2.27. The largest absolute Gasteiger partial charge is 0.495 e. The van der Waals surface area contributed by atoms with Crippen LogP contribution in [0.1, 0.15) is 28.5 Å². The number of methoxy groups -OCH3 is 1. The molecule has 0 radical (unpaired) electrons. The van der Waals surface area contributed by atoms with E-state index in [0.29, 0.717) is 28.6 Å². The average Bonchev–Trinajstić information content (AvgIpc) is 2.77. The second-order valence-corrected chi connectivity index (χ2v) is 8.21. The summed E-state index contributed by atoms with van der Waals surface area (Å²) in [4.78, 5) is 32.8. The molecule has 1 N–H and O–H groups in total. The lowest BCUT2D eigenvalue weighted by Crippen LogP contribution is -2.32. The molecule has 32 heavy (non-hydrogen) atoms. The number of benzene rings is 2. The van der Waals surface area contributed by atoms with Crippen LogP contribution in [0.5, 0.6) is 5.75 Å². The maximum atomic E-state index is 13.3. The Morgan fingerprint density at radius 1 is 1.22 bits per heavy atom. The molecule has 8 heteroatoms. The van der Waals surface area contributed by atoms with E-state index in [0.717, 1.165) is 35.1 Å². The third-order valence-electron chi connectivity index (χ3n) is 5.51. The third kappa shape index (κ3) is 4.40. The summed E-state index contributed by atoms with van der Waals surface area (Å²) in [6.07, 6.45) is -0.252. The van der Waals surface area contributed by atoms with Gasteiger partial charge in [0.15, 0.2) is 6.10 Å². The fourth-order valence-electron chi connectivity index (χ4n) is 3.82. The van der Waals surface area contributed by atoms with Crippen molar-refractivity contribution in [3.05, 3.63) is 64.3 Å². The number of fused-ring (bicyclic) bond motifs is 2. The minimum atomic E-state index is -1.01. The molecule has 2 aromatic carbocycles. The molecule has 7 nitrogen and oxygen atoms in total. The number of hydrogen-bond donors (Lipinski definition) is 1. The molecule has 4 rings (SSSR count). The molecule has 1 amide bonds. The molecule has 0 saturated heterocycles. The van der Waals surface area contributed by atoms with Crippen molar-refractivity contribution in [2.75, 3.05) is 26.0 Å². The Morgan fingerprint density at radius 3 is 2.75 bits per heavy atom. The third-order valence-corrected chi connectivity index (χ3v) is 5.81. The molecule has 0 spiro atoms. The van der Waals surface area contributed by atoms with Gasteiger partial charge in [0.1, 0.15) is 5.75 Å². The molecule has 0 fully saturated rings. The number of carbonyl (C=O) groups is 2. The first-order valence-corrected chi connectivity index (χ1v) is 10.7. The number of nitrogens with zero attached hydrogens (tertiary/aromatic N) is 2. The Kier molecular flexibility index (Phi) is 6.30. The number of nitrogens with one attached hydrogen (secondary N) is 1. The van der Waals surface area contributed by atoms with Crippen LogP contribution < -0.4 is 10.1 Å². The van der Waals surface area contributed by atoms with E-state index in [2.05, 4.69) is 10.2 Å². The van der Waals surface area contributed by atoms with Crippen LogP contribution in [0.2, 0.25) is 5.02 Å². The van der Waals surface area contributed by atoms with E-state index in [1.807, 2.05) is 31.3 Å². The fourth-order valence-corrected chi connectivity index (χ4v) is 4.08. The second kappa shape index (κ2) is 9.14. The Morgan fingerprint density at radius 2 is 2.00 bits per heavy atom. The van der Waals surface area contributed by atoms with E-state index in [-0.39, 0.29) is 0 Å². The van der Waals surface area contributed by atoms with Crippen molar-refractivity contribution in [2.24, 2.45) is 0 Å².